The Balaban J connectivity index is 1.31. The van der Waals surface area contributed by atoms with Crippen LogP contribution in [0.5, 0.6) is 0 Å². The molecule has 0 aromatic heterocycles. The molecule has 2 unspecified atom stereocenters. The van der Waals surface area contributed by atoms with Crippen LogP contribution in [0.1, 0.15) is 72.3 Å². The summed E-state index contributed by atoms with van der Waals surface area (Å²) < 4.78 is 50.8. The van der Waals surface area contributed by atoms with Crippen molar-refractivity contribution < 1.29 is 61.9 Å². The number of amides is 2. The van der Waals surface area contributed by atoms with Crippen LogP contribution < -0.4 is 16.4 Å². The van der Waals surface area contributed by atoms with E-state index >= 15 is 0 Å². The van der Waals surface area contributed by atoms with Crippen LogP contribution in [0.25, 0.3) is 0 Å². The molecule has 0 radical (unpaired) electrons. The number of hydrogen-bond acceptors (Lipinski definition) is 15. The first kappa shape index (κ1) is 51.4. The van der Waals surface area contributed by atoms with E-state index in [1.165, 1.54) is 36.3 Å². The summed E-state index contributed by atoms with van der Waals surface area (Å²) in [5, 5.41) is 39.5. The second kappa shape index (κ2) is 23.6. The van der Waals surface area contributed by atoms with Crippen molar-refractivity contribution in [3.63, 3.8) is 0 Å². The predicted molar refractivity (Wildman–Crippen MR) is 232 cm³/mol. The number of sulfonamides is 1. The maximum Gasteiger partial charge on any atom is 0.408 e. The first-order valence-corrected chi connectivity index (χ1v) is 23.1. The number of ether oxygens (including phenoxy) is 4. The van der Waals surface area contributed by atoms with E-state index in [2.05, 4.69) is 10.6 Å². The molecule has 2 aromatic rings. The number of likely N-dealkylation sites (tertiary alicyclic amines) is 1. The van der Waals surface area contributed by atoms with Crippen LogP contribution in [-0.4, -0.2) is 152 Å². The van der Waals surface area contributed by atoms with Gasteiger partial charge in [-0.2, -0.15) is 4.31 Å². The number of benzene rings is 2. The fourth-order valence-corrected chi connectivity index (χ4v) is 9.01. The van der Waals surface area contributed by atoms with Gasteiger partial charge in [-0.15, -0.1) is 0 Å². The summed E-state index contributed by atoms with van der Waals surface area (Å²) in [5.41, 5.74) is 6.07. The number of aliphatic hydroxyl groups excluding tert-OH is 3. The molecule has 0 bridgehead atoms. The minimum Gasteiger partial charge on any atom is -0.464 e. The van der Waals surface area contributed by atoms with E-state index in [0.29, 0.717) is 44.5 Å². The van der Waals surface area contributed by atoms with E-state index in [1.54, 1.807) is 38.1 Å². The molecular weight excluding hydrogens is 839 g/mol. The summed E-state index contributed by atoms with van der Waals surface area (Å²) in [6.45, 7) is 9.18. The van der Waals surface area contributed by atoms with Gasteiger partial charge in [0.1, 0.15) is 18.2 Å². The smallest absolute Gasteiger partial charge is 0.408 e. The van der Waals surface area contributed by atoms with Crippen LogP contribution in [0.15, 0.2) is 59.5 Å². The molecule has 2 heterocycles. The molecule has 63 heavy (non-hydrogen) atoms. The number of piperidine rings is 1. The molecule has 4 rings (SSSR count). The Morgan fingerprint density at radius 2 is 1.71 bits per heavy atom. The number of nitrogens with zero attached hydrogens (tertiary/aromatic N) is 2. The van der Waals surface area contributed by atoms with Gasteiger partial charge >= 0.3 is 12.1 Å². The lowest BCUT2D eigenvalue weighted by molar-refractivity contribution is -0.163. The van der Waals surface area contributed by atoms with Crippen LogP contribution >= 0.6 is 0 Å². The van der Waals surface area contributed by atoms with Crippen molar-refractivity contribution in [2.75, 3.05) is 52.2 Å². The Hall–Kier alpha value is -4.21. The summed E-state index contributed by atoms with van der Waals surface area (Å²) in [4.78, 5) is 53.7. The normalized spacial score (nSPS) is 22.1. The van der Waals surface area contributed by atoms with Crippen molar-refractivity contribution >= 4 is 39.5 Å². The van der Waals surface area contributed by atoms with Crippen LogP contribution in [0.4, 0.5) is 10.5 Å². The van der Waals surface area contributed by atoms with Crippen molar-refractivity contribution in [3.05, 3.63) is 60.2 Å². The van der Waals surface area contributed by atoms with Crippen molar-refractivity contribution in [1.82, 2.24) is 19.8 Å². The first-order chi connectivity index (χ1) is 29.8. The van der Waals surface area contributed by atoms with Gasteiger partial charge < -0.3 is 55.5 Å². The summed E-state index contributed by atoms with van der Waals surface area (Å²) in [7, 11) is -2.81. The van der Waals surface area contributed by atoms with Gasteiger partial charge in [-0.1, -0.05) is 65.0 Å². The van der Waals surface area contributed by atoms with Gasteiger partial charge in [-0.25, -0.2) is 18.0 Å². The van der Waals surface area contributed by atoms with Crippen LogP contribution in [0.2, 0.25) is 0 Å². The van der Waals surface area contributed by atoms with E-state index in [9.17, 15) is 42.9 Å². The molecule has 2 saturated heterocycles. The van der Waals surface area contributed by atoms with E-state index < -0.39 is 88.1 Å². The zero-order chi connectivity index (χ0) is 46.5. The fraction of sp³-hybridized carbons (Fsp3) is 0.636. The summed E-state index contributed by atoms with van der Waals surface area (Å²) >= 11 is 0. The third-order valence-corrected chi connectivity index (χ3v) is 13.3. The highest BCUT2D eigenvalue weighted by Crippen LogP contribution is 2.28. The maximum atomic E-state index is 13.8. The molecule has 352 valence electrons. The number of esters is 1. The lowest BCUT2D eigenvalue weighted by Gasteiger charge is -2.35. The number of anilines is 1. The van der Waals surface area contributed by atoms with Crippen molar-refractivity contribution in [2.24, 2.45) is 11.3 Å². The second-order valence-corrected chi connectivity index (χ2v) is 19.2. The number of Topliss-reactive ketones (excluding diaryl/α,β-unsaturated/α-hetero) is 1. The molecule has 0 saturated carbocycles. The third-order valence-electron chi connectivity index (χ3n) is 11.5. The van der Waals surface area contributed by atoms with Gasteiger partial charge in [0.25, 0.3) is 5.91 Å². The van der Waals surface area contributed by atoms with Gasteiger partial charge in [0.05, 0.1) is 29.8 Å². The van der Waals surface area contributed by atoms with E-state index in [1.807, 2.05) is 26.8 Å². The molecule has 2 aliphatic heterocycles. The molecule has 2 aromatic carbocycles. The number of rotatable bonds is 23. The summed E-state index contributed by atoms with van der Waals surface area (Å²) in [6, 6.07) is 12.8. The first-order valence-electron chi connectivity index (χ1n) is 21.6. The monoisotopic (exact) mass is 905 g/mol. The molecule has 0 aliphatic carbocycles. The number of alkyl carbamates (subject to hydrolysis) is 1. The van der Waals surface area contributed by atoms with Crippen LogP contribution in [0, 0.1) is 11.3 Å². The highest BCUT2D eigenvalue weighted by molar-refractivity contribution is 7.89. The zero-order valence-electron chi connectivity index (χ0n) is 37.2. The molecule has 0 spiro atoms. The molecule has 2 amide bonds. The molecule has 18 nitrogen and oxygen atoms in total. The Labute approximate surface area is 370 Å². The molecule has 19 heteroatoms. The van der Waals surface area contributed by atoms with Gasteiger partial charge in [0.15, 0.2) is 12.4 Å². The highest BCUT2D eigenvalue weighted by Gasteiger charge is 2.50. The van der Waals surface area contributed by atoms with E-state index in [-0.39, 0.29) is 43.5 Å². The number of ketones is 1. The van der Waals surface area contributed by atoms with E-state index in [4.69, 9.17) is 24.7 Å². The minimum absolute atomic E-state index is 0.00578. The second-order valence-electron chi connectivity index (χ2n) is 17.2. The lowest BCUT2D eigenvalue weighted by Crippen LogP contribution is -2.53. The molecular formula is C44H67N5O13S. The number of methoxy groups -OCH3 is 1. The van der Waals surface area contributed by atoms with Gasteiger partial charge in [0, 0.05) is 44.4 Å². The van der Waals surface area contributed by atoms with Crippen LogP contribution in [0.3, 0.4) is 0 Å². The van der Waals surface area contributed by atoms with Crippen molar-refractivity contribution in [3.8, 4) is 0 Å². The SMILES string of the molecule is CCC(C)(C)C(=O)C(=O)N1CCCCC1C(=O)OCCCNCC(O)[C@H]1O[C@H](OC)[C@H](OC(=O)N[C@@H](Cc2ccccc2)[C@H](O)CN(CC(C)C)S(=O)(=O)c2ccc(N)cc2)[C@H]1O. The topological polar surface area (TPSA) is 257 Å². The lowest BCUT2D eigenvalue weighted by atomic mass is 9.84. The Morgan fingerprint density at radius 3 is 2.35 bits per heavy atom. The van der Waals surface area contributed by atoms with Gasteiger partial charge in [-0.05, 0) is 80.8 Å². The molecule has 2 fully saturated rings. The minimum atomic E-state index is -4.09. The Morgan fingerprint density at radius 1 is 1.03 bits per heavy atom. The number of aliphatic hydroxyl groups is 3. The van der Waals surface area contributed by atoms with Crippen molar-refractivity contribution in [1.29, 1.82) is 0 Å². The van der Waals surface area contributed by atoms with E-state index in [0.717, 1.165) is 16.3 Å². The third kappa shape index (κ3) is 14.1. The molecule has 7 N–H and O–H groups in total. The maximum absolute atomic E-state index is 13.8. The van der Waals surface area contributed by atoms with Gasteiger partial charge in [0.2, 0.25) is 15.8 Å². The summed E-state index contributed by atoms with van der Waals surface area (Å²) in [5.74, 6) is -1.89. The summed E-state index contributed by atoms with van der Waals surface area (Å²) in [6.07, 6.45) is -6.51. The highest BCUT2D eigenvalue weighted by atomic mass is 32.2. The largest absolute Gasteiger partial charge is 0.464 e. The average Bonchev–Trinajstić information content (AvgIpc) is 3.57. The number of carbonyl (C=O) groups is 4. The number of carbonyl (C=O) groups excluding carboxylic acids is 4. The number of nitrogens with one attached hydrogen (secondary N) is 2. The quantitative estimate of drug-likeness (QED) is 0.0404. The number of nitrogen functional groups attached to an aromatic ring is 1. The van der Waals surface area contributed by atoms with Gasteiger partial charge in [-0.3, -0.25) is 9.59 Å². The number of hydrogen-bond donors (Lipinski definition) is 6. The molecule has 8 atom stereocenters. The fourth-order valence-electron chi connectivity index (χ4n) is 7.39. The average molecular weight is 906 g/mol. The number of nitrogens with two attached hydrogens (primary N) is 1. The Bertz CT molecular complexity index is 1900. The predicted octanol–water partition coefficient (Wildman–Crippen LogP) is 1.98. The van der Waals surface area contributed by atoms with Crippen LogP contribution in [-0.2, 0) is 49.8 Å². The Kier molecular flexibility index (Phi) is 19.3. The zero-order valence-corrected chi connectivity index (χ0v) is 38.0. The standard InChI is InChI=1S/C44H67N5O13S/c1-7-44(4,5)39(53)40(54)49-22-12-11-16-33(49)41(55)60-23-13-21-46-25-34(50)37-36(52)38(42(59-6)61-37)62-43(56)47-32(24-29-14-9-8-10-15-29)35(51)27-48(26-28(2)3)63(57,58)31-19-17-30(45)18-20-31/h8-10,14-15,17-20,28,32-38,42,46,50-52H,7,11-13,16,21-27,45H2,1-6H3,(H,47,56)/t32-,33?,34?,35+,36-,37+,38+,42-/m0/s1. The molecule has 2 aliphatic rings. The van der Waals surface area contributed by atoms with Crippen molar-refractivity contribution in [2.45, 2.75) is 127 Å².